The molecule has 19 heteroatoms. The van der Waals surface area contributed by atoms with Gasteiger partial charge < -0.3 is 33.8 Å². The smallest absolute Gasteiger partial charge is 0.462 e. The molecule has 0 aromatic rings. The maximum absolute atomic E-state index is 13.1. The van der Waals surface area contributed by atoms with Crippen LogP contribution < -0.4 is 0 Å². The summed E-state index contributed by atoms with van der Waals surface area (Å²) in [6, 6.07) is 0. The third-order valence-electron chi connectivity index (χ3n) is 17.4. The average molecular weight is 1380 g/mol. The van der Waals surface area contributed by atoms with Crippen LogP contribution in [0.15, 0.2) is 0 Å². The van der Waals surface area contributed by atoms with Crippen molar-refractivity contribution in [2.24, 2.45) is 17.8 Å². The first-order valence-corrected chi connectivity index (χ1v) is 41.8. The Bertz CT molecular complexity index is 1840. The summed E-state index contributed by atoms with van der Waals surface area (Å²) in [7, 11) is -9.91. The van der Waals surface area contributed by atoms with Crippen molar-refractivity contribution in [1.29, 1.82) is 0 Å². The average Bonchev–Trinajstić information content (AvgIpc) is 1.16. The fourth-order valence-electron chi connectivity index (χ4n) is 11.4. The zero-order chi connectivity index (χ0) is 69.4. The minimum Gasteiger partial charge on any atom is -0.462 e. The van der Waals surface area contributed by atoms with E-state index in [-0.39, 0.29) is 25.7 Å². The molecule has 0 saturated heterocycles. The number of aliphatic hydroxyl groups excluding tert-OH is 1. The van der Waals surface area contributed by atoms with Crippen LogP contribution in [0.4, 0.5) is 0 Å². The Hall–Kier alpha value is -1.94. The van der Waals surface area contributed by atoms with Gasteiger partial charge in [-0.2, -0.15) is 0 Å². The zero-order valence-electron chi connectivity index (χ0n) is 61.4. The van der Waals surface area contributed by atoms with Crippen LogP contribution in [0.5, 0.6) is 0 Å². The van der Waals surface area contributed by atoms with Gasteiger partial charge in [-0.1, -0.05) is 331 Å². The highest BCUT2D eigenvalue weighted by molar-refractivity contribution is 7.47. The van der Waals surface area contributed by atoms with E-state index in [1.54, 1.807) is 0 Å². The fraction of sp³-hybridized carbons (Fsp3) is 0.947. The lowest BCUT2D eigenvalue weighted by atomic mass is 10.0. The molecule has 17 nitrogen and oxygen atoms in total. The van der Waals surface area contributed by atoms with Crippen molar-refractivity contribution in [3.8, 4) is 0 Å². The van der Waals surface area contributed by atoms with Crippen molar-refractivity contribution < 1.29 is 80.2 Å². The summed E-state index contributed by atoms with van der Waals surface area (Å²) in [6.07, 6.45) is 51.4. The van der Waals surface area contributed by atoms with Gasteiger partial charge in [0.25, 0.3) is 0 Å². The highest BCUT2D eigenvalue weighted by atomic mass is 31.2. The maximum atomic E-state index is 13.1. The van der Waals surface area contributed by atoms with E-state index in [4.69, 9.17) is 37.0 Å². The van der Waals surface area contributed by atoms with Crippen molar-refractivity contribution >= 4 is 39.5 Å². The number of rotatable bonds is 73. The lowest BCUT2D eigenvalue weighted by Gasteiger charge is -2.21. The van der Waals surface area contributed by atoms with Gasteiger partial charge in [0.1, 0.15) is 19.3 Å². The molecular weight excluding hydrogens is 1230 g/mol. The molecule has 0 fully saturated rings. The van der Waals surface area contributed by atoms with Crippen molar-refractivity contribution in [3.05, 3.63) is 0 Å². The van der Waals surface area contributed by atoms with Gasteiger partial charge in [-0.25, -0.2) is 9.13 Å². The van der Waals surface area contributed by atoms with E-state index < -0.39 is 97.5 Å². The minimum atomic E-state index is -4.96. The van der Waals surface area contributed by atoms with Gasteiger partial charge in [-0.05, 0) is 43.4 Å². The van der Waals surface area contributed by atoms with E-state index in [0.717, 1.165) is 108 Å². The number of carbonyl (C=O) groups excluding carboxylic acids is 4. The third-order valence-corrected chi connectivity index (χ3v) is 19.3. The Balaban J connectivity index is 5.25. The number of aliphatic hydroxyl groups is 1. The van der Waals surface area contributed by atoms with Gasteiger partial charge in [0.15, 0.2) is 12.2 Å². The van der Waals surface area contributed by atoms with Gasteiger partial charge in [0.2, 0.25) is 0 Å². The predicted octanol–water partition coefficient (Wildman–Crippen LogP) is 21.8. The molecule has 558 valence electrons. The molecule has 0 rings (SSSR count). The van der Waals surface area contributed by atoms with Crippen LogP contribution in [-0.2, 0) is 65.4 Å². The summed E-state index contributed by atoms with van der Waals surface area (Å²) in [5.41, 5.74) is 0. The second kappa shape index (κ2) is 65.7. The molecule has 0 amide bonds. The molecule has 3 N–H and O–H groups in total. The molecule has 2 unspecified atom stereocenters. The highest BCUT2D eigenvalue weighted by Gasteiger charge is 2.30. The highest BCUT2D eigenvalue weighted by Crippen LogP contribution is 2.45. The Morgan fingerprint density at radius 2 is 0.489 bits per heavy atom. The van der Waals surface area contributed by atoms with Crippen molar-refractivity contribution in [1.82, 2.24) is 0 Å². The first-order chi connectivity index (χ1) is 45.2. The van der Waals surface area contributed by atoms with Gasteiger partial charge in [-0.15, -0.1) is 0 Å². The second-order valence-corrected chi connectivity index (χ2v) is 31.4. The number of phosphoric ester groups is 2. The van der Waals surface area contributed by atoms with E-state index in [0.29, 0.717) is 31.6 Å². The van der Waals surface area contributed by atoms with Crippen LogP contribution in [0, 0.1) is 17.8 Å². The Kier molecular flexibility index (Phi) is 64.3. The molecule has 0 saturated carbocycles. The Morgan fingerprint density at radius 3 is 0.723 bits per heavy atom. The fourth-order valence-corrected chi connectivity index (χ4v) is 13.0. The number of phosphoric acid groups is 2. The van der Waals surface area contributed by atoms with E-state index >= 15 is 0 Å². The van der Waals surface area contributed by atoms with Crippen molar-refractivity contribution in [2.75, 3.05) is 39.6 Å². The molecular formula is C75H146O17P2. The van der Waals surface area contributed by atoms with E-state index in [1.807, 2.05) is 0 Å². The van der Waals surface area contributed by atoms with Crippen LogP contribution in [-0.4, -0.2) is 96.7 Å². The first kappa shape index (κ1) is 92.1. The van der Waals surface area contributed by atoms with Crippen LogP contribution in [0.3, 0.4) is 0 Å². The summed E-state index contributed by atoms with van der Waals surface area (Å²) in [5, 5.41) is 10.6. The monoisotopic (exact) mass is 1380 g/mol. The molecule has 0 aromatic carbocycles. The molecule has 0 heterocycles. The number of hydrogen-bond acceptors (Lipinski definition) is 15. The molecule has 0 aliphatic carbocycles. The normalized spacial score (nSPS) is 14.1. The predicted molar refractivity (Wildman–Crippen MR) is 381 cm³/mol. The number of esters is 4. The largest absolute Gasteiger partial charge is 0.472 e. The van der Waals surface area contributed by atoms with Gasteiger partial charge in [-0.3, -0.25) is 37.3 Å². The van der Waals surface area contributed by atoms with Crippen molar-refractivity contribution in [3.63, 3.8) is 0 Å². The quantitative estimate of drug-likeness (QED) is 0.0222. The summed E-state index contributed by atoms with van der Waals surface area (Å²) >= 11 is 0. The van der Waals surface area contributed by atoms with Gasteiger partial charge in [0, 0.05) is 25.7 Å². The first-order valence-electron chi connectivity index (χ1n) is 38.8. The topological polar surface area (TPSA) is 237 Å². The lowest BCUT2D eigenvalue weighted by molar-refractivity contribution is -0.161. The molecule has 0 spiro atoms. The second-order valence-electron chi connectivity index (χ2n) is 28.5. The number of hydrogen-bond donors (Lipinski definition) is 3. The third kappa shape index (κ3) is 68.6. The van der Waals surface area contributed by atoms with E-state index in [2.05, 4.69) is 48.5 Å². The van der Waals surface area contributed by atoms with Crippen LogP contribution in [0.2, 0.25) is 0 Å². The zero-order valence-corrected chi connectivity index (χ0v) is 63.2. The molecule has 0 bridgehead atoms. The van der Waals surface area contributed by atoms with Gasteiger partial charge in [0.05, 0.1) is 26.4 Å². The van der Waals surface area contributed by atoms with Crippen LogP contribution in [0.25, 0.3) is 0 Å². The molecule has 94 heavy (non-hydrogen) atoms. The standard InChI is InChI=1S/C75H146O17P2/c1-8-9-10-11-12-13-14-15-16-20-23-28-35-42-49-56-72(77)85-62-70(91-74(79)58-51-44-36-29-24-21-18-17-19-22-26-32-39-46-53-66(2)3)64-89-93(81,82)87-60-69(76)61-88-94(83,84)90-65-71(63-86-73(78)57-50-43-38-31-34-41-48-55-68(6)7)92-75(80)59-52-45-37-30-25-27-33-40-47-54-67(4)5/h66-71,76H,8-65H2,1-7H3,(H,81,82)(H,83,84)/t69-,70-,71-/m1/s1. The Labute approximate surface area is 575 Å². The van der Waals surface area contributed by atoms with Crippen LogP contribution >= 0.6 is 15.6 Å². The molecule has 5 atom stereocenters. The number of ether oxygens (including phenoxy) is 4. The summed E-state index contributed by atoms with van der Waals surface area (Å²) < 4.78 is 68.5. The lowest BCUT2D eigenvalue weighted by Crippen LogP contribution is -2.30. The summed E-state index contributed by atoms with van der Waals surface area (Å²) in [6.45, 7) is 11.8. The minimum absolute atomic E-state index is 0.104. The summed E-state index contributed by atoms with van der Waals surface area (Å²) in [5.74, 6) is 0.117. The molecule has 0 radical (unpaired) electrons. The summed E-state index contributed by atoms with van der Waals surface area (Å²) in [4.78, 5) is 72.8. The Morgan fingerprint density at radius 1 is 0.287 bits per heavy atom. The SMILES string of the molecule is CCCCCCCCCCCCCCCCCC(=O)OC[C@H](COP(=O)(O)OC[C@@H](O)COP(=O)(O)OC[C@@H](COC(=O)CCCCCCCCCC(C)C)OC(=O)CCCCCCCCCCCC(C)C)OC(=O)CCCCCCCCCCCCCCCCC(C)C. The van der Waals surface area contributed by atoms with Gasteiger partial charge >= 0.3 is 39.5 Å². The maximum Gasteiger partial charge on any atom is 0.472 e. The molecule has 0 aromatic heterocycles. The van der Waals surface area contributed by atoms with Crippen LogP contribution in [0.1, 0.15) is 382 Å². The van der Waals surface area contributed by atoms with Crippen molar-refractivity contribution in [2.45, 2.75) is 401 Å². The molecule has 0 aliphatic heterocycles. The number of carbonyl (C=O) groups is 4. The van der Waals surface area contributed by atoms with E-state index in [1.165, 1.54) is 186 Å². The molecule has 0 aliphatic rings. The van der Waals surface area contributed by atoms with E-state index in [9.17, 15) is 43.2 Å². The number of unbranched alkanes of at least 4 members (excludes halogenated alkanes) is 41.